The monoisotopic (exact) mass is 460 g/mol. The first-order valence-electron chi connectivity index (χ1n) is 10.8. The minimum Gasteiger partial charge on any atom is -0.497 e. The summed E-state index contributed by atoms with van der Waals surface area (Å²) in [5, 5.41) is 0.827. The number of pyridine rings is 1. The Bertz CT molecular complexity index is 1420. The summed E-state index contributed by atoms with van der Waals surface area (Å²) in [6.45, 7) is 0.409. The minimum absolute atomic E-state index is 0.218. The Balaban J connectivity index is 1.72. The molecule has 1 atom stereocenters. The van der Waals surface area contributed by atoms with Crippen LogP contribution in [0, 0.1) is 0 Å². The lowest BCUT2D eigenvalue weighted by atomic mass is 9.87. The fourth-order valence-corrected chi connectivity index (χ4v) is 4.57. The maximum atomic E-state index is 13.4. The number of methoxy groups -OCH3 is 3. The van der Waals surface area contributed by atoms with Crippen LogP contribution in [0.4, 0.5) is 0 Å². The lowest BCUT2D eigenvalue weighted by molar-refractivity contribution is 0.0660. The van der Waals surface area contributed by atoms with Gasteiger partial charge in [-0.05, 0) is 65.4 Å². The van der Waals surface area contributed by atoms with Crippen LogP contribution in [0.1, 0.15) is 33.3 Å². The van der Waals surface area contributed by atoms with E-state index in [-0.39, 0.29) is 17.2 Å². The number of hydrogen-bond acceptors (Lipinski definition) is 6. The fourth-order valence-electron chi connectivity index (χ4n) is 4.57. The number of aromatic amines is 1. The highest BCUT2D eigenvalue weighted by molar-refractivity contribution is 5.92. The predicted octanol–water partition coefficient (Wildman–Crippen LogP) is 3.93. The lowest BCUT2D eigenvalue weighted by Gasteiger charge is -2.37. The van der Waals surface area contributed by atoms with E-state index in [4.69, 9.17) is 18.6 Å². The van der Waals surface area contributed by atoms with Crippen molar-refractivity contribution in [1.82, 2.24) is 9.88 Å². The third-order valence-corrected chi connectivity index (χ3v) is 6.24. The standard InChI is InChI=1S/C26H24N2O6/c1-31-17-7-6-16-11-19(25(29)27-20(16)13-17)24-18-14-23(33-3)22(32-2)12-15(18)8-9-28(24)26(30)21-5-4-10-34-21/h4-7,10-14,24H,8-9H2,1-3H3,(H,27,29)/t24-/m1/s1. The number of nitrogens with zero attached hydrogens (tertiary/aromatic N) is 1. The van der Waals surface area contributed by atoms with Crippen molar-refractivity contribution in [3.05, 3.63) is 87.6 Å². The number of carbonyl (C=O) groups is 1. The van der Waals surface area contributed by atoms with Crippen molar-refractivity contribution in [2.75, 3.05) is 27.9 Å². The number of benzene rings is 2. The average Bonchev–Trinajstić information content (AvgIpc) is 3.41. The number of ether oxygens (including phenoxy) is 3. The van der Waals surface area contributed by atoms with Gasteiger partial charge < -0.3 is 28.5 Å². The second kappa shape index (κ2) is 8.62. The highest BCUT2D eigenvalue weighted by atomic mass is 16.5. The second-order valence-corrected chi connectivity index (χ2v) is 8.04. The van der Waals surface area contributed by atoms with Gasteiger partial charge in [-0.2, -0.15) is 0 Å². The molecule has 0 fully saturated rings. The highest BCUT2D eigenvalue weighted by Crippen LogP contribution is 2.41. The summed E-state index contributed by atoms with van der Waals surface area (Å²) in [6.07, 6.45) is 2.06. The molecule has 34 heavy (non-hydrogen) atoms. The van der Waals surface area contributed by atoms with E-state index in [2.05, 4.69) is 4.98 Å². The zero-order chi connectivity index (χ0) is 23.8. The Hall–Kier alpha value is -4.20. The first-order chi connectivity index (χ1) is 16.5. The molecule has 5 rings (SSSR count). The summed E-state index contributed by atoms with van der Waals surface area (Å²) in [4.78, 5) is 31.4. The molecular formula is C26H24N2O6. The first-order valence-corrected chi connectivity index (χ1v) is 10.8. The van der Waals surface area contributed by atoms with Crippen molar-refractivity contribution < 1.29 is 23.4 Å². The van der Waals surface area contributed by atoms with Gasteiger partial charge in [-0.3, -0.25) is 9.59 Å². The van der Waals surface area contributed by atoms with Gasteiger partial charge in [0.2, 0.25) is 0 Å². The number of rotatable bonds is 5. The van der Waals surface area contributed by atoms with Crippen molar-refractivity contribution in [3.63, 3.8) is 0 Å². The topological polar surface area (TPSA) is 94.0 Å². The third-order valence-electron chi connectivity index (χ3n) is 6.24. The molecule has 8 nitrogen and oxygen atoms in total. The van der Waals surface area contributed by atoms with E-state index in [1.54, 1.807) is 44.4 Å². The predicted molar refractivity (Wildman–Crippen MR) is 126 cm³/mol. The molecule has 1 N–H and O–H groups in total. The Morgan fingerprint density at radius 3 is 2.50 bits per heavy atom. The van der Waals surface area contributed by atoms with Crippen LogP contribution in [0.2, 0.25) is 0 Å². The van der Waals surface area contributed by atoms with Gasteiger partial charge in [-0.15, -0.1) is 0 Å². The Morgan fingerprint density at radius 2 is 1.79 bits per heavy atom. The van der Waals surface area contributed by atoms with Crippen molar-refractivity contribution in [2.24, 2.45) is 0 Å². The molecule has 2 aromatic carbocycles. The molecule has 0 unspecified atom stereocenters. The van der Waals surface area contributed by atoms with Gasteiger partial charge in [0.25, 0.3) is 11.5 Å². The van der Waals surface area contributed by atoms with E-state index < -0.39 is 6.04 Å². The zero-order valence-electron chi connectivity index (χ0n) is 19.1. The van der Waals surface area contributed by atoms with Crippen LogP contribution in [-0.2, 0) is 6.42 Å². The van der Waals surface area contributed by atoms with Gasteiger partial charge in [0.05, 0.1) is 39.2 Å². The maximum Gasteiger partial charge on any atom is 0.290 e. The summed E-state index contributed by atoms with van der Waals surface area (Å²) in [7, 11) is 4.72. The number of H-pyrrole nitrogens is 1. The van der Waals surface area contributed by atoms with Crippen LogP contribution >= 0.6 is 0 Å². The van der Waals surface area contributed by atoms with Gasteiger partial charge in [0.1, 0.15) is 5.75 Å². The maximum absolute atomic E-state index is 13.4. The normalized spacial score (nSPS) is 15.1. The molecule has 0 radical (unpaired) electrons. The average molecular weight is 460 g/mol. The Morgan fingerprint density at radius 1 is 1.00 bits per heavy atom. The van der Waals surface area contributed by atoms with Gasteiger partial charge in [0, 0.05) is 18.2 Å². The summed E-state index contributed by atoms with van der Waals surface area (Å²) in [5.41, 5.74) is 2.61. The molecule has 8 heteroatoms. The van der Waals surface area contributed by atoms with Crippen molar-refractivity contribution >= 4 is 16.8 Å². The van der Waals surface area contributed by atoms with Crippen LogP contribution < -0.4 is 19.8 Å². The van der Waals surface area contributed by atoms with Gasteiger partial charge in [-0.25, -0.2) is 0 Å². The smallest absolute Gasteiger partial charge is 0.290 e. The van der Waals surface area contributed by atoms with E-state index in [9.17, 15) is 9.59 Å². The van der Waals surface area contributed by atoms with E-state index in [1.807, 2.05) is 30.3 Å². The van der Waals surface area contributed by atoms with E-state index in [0.717, 1.165) is 16.5 Å². The molecule has 174 valence electrons. The molecule has 0 saturated carbocycles. The molecule has 0 aliphatic carbocycles. The number of amides is 1. The van der Waals surface area contributed by atoms with Crippen molar-refractivity contribution in [2.45, 2.75) is 12.5 Å². The van der Waals surface area contributed by atoms with Gasteiger partial charge in [0.15, 0.2) is 17.3 Å². The second-order valence-electron chi connectivity index (χ2n) is 8.04. The van der Waals surface area contributed by atoms with E-state index in [1.165, 1.54) is 6.26 Å². The summed E-state index contributed by atoms with van der Waals surface area (Å²) in [5.74, 6) is 1.71. The quantitative estimate of drug-likeness (QED) is 0.485. The lowest BCUT2D eigenvalue weighted by Crippen LogP contribution is -2.42. The summed E-state index contributed by atoms with van der Waals surface area (Å²) >= 11 is 0. The van der Waals surface area contributed by atoms with Gasteiger partial charge >= 0.3 is 0 Å². The molecule has 0 saturated heterocycles. The van der Waals surface area contributed by atoms with Crippen LogP contribution in [0.15, 0.2) is 64.0 Å². The molecule has 0 bridgehead atoms. The Kier molecular flexibility index (Phi) is 5.49. The minimum atomic E-state index is -0.642. The number of carbonyl (C=O) groups excluding carboxylic acids is 1. The first kappa shape index (κ1) is 21.6. The SMILES string of the molecule is COc1ccc2cc([C@H]3c4cc(OC)c(OC)cc4CCN3C(=O)c3ccco3)c(=O)[nH]c2c1. The van der Waals surface area contributed by atoms with Gasteiger partial charge in [-0.1, -0.05) is 0 Å². The largest absolute Gasteiger partial charge is 0.497 e. The summed E-state index contributed by atoms with van der Waals surface area (Å²) < 4.78 is 21.7. The molecule has 3 heterocycles. The number of furan rings is 1. The van der Waals surface area contributed by atoms with Crippen LogP contribution in [0.25, 0.3) is 10.9 Å². The van der Waals surface area contributed by atoms with Crippen molar-refractivity contribution in [3.8, 4) is 17.2 Å². The molecule has 2 aromatic heterocycles. The van der Waals surface area contributed by atoms with Crippen LogP contribution in [0.3, 0.4) is 0 Å². The zero-order valence-corrected chi connectivity index (χ0v) is 19.1. The number of hydrogen-bond donors (Lipinski definition) is 1. The highest BCUT2D eigenvalue weighted by Gasteiger charge is 2.36. The molecule has 1 aliphatic rings. The Labute approximate surface area is 195 Å². The van der Waals surface area contributed by atoms with Crippen LogP contribution in [-0.4, -0.2) is 43.7 Å². The summed E-state index contributed by atoms with van der Waals surface area (Å²) in [6, 6.07) is 13.7. The fraction of sp³-hybridized carbons (Fsp3) is 0.231. The molecule has 1 amide bonds. The van der Waals surface area contributed by atoms with Crippen molar-refractivity contribution in [1.29, 1.82) is 0 Å². The van der Waals surface area contributed by atoms with Crippen LogP contribution in [0.5, 0.6) is 17.2 Å². The number of aromatic nitrogens is 1. The number of fused-ring (bicyclic) bond motifs is 2. The van der Waals surface area contributed by atoms with E-state index >= 15 is 0 Å². The molecule has 0 spiro atoms. The number of nitrogens with one attached hydrogen (secondary N) is 1. The molecule has 4 aromatic rings. The molecule has 1 aliphatic heterocycles. The third kappa shape index (κ3) is 3.57. The van der Waals surface area contributed by atoms with E-state index in [0.29, 0.717) is 41.3 Å². The molecular weight excluding hydrogens is 436 g/mol.